The molecular weight excluding hydrogens is 286 g/mol. The first-order valence-corrected chi connectivity index (χ1v) is 7.47. The monoisotopic (exact) mass is 305 g/mol. The van der Waals surface area contributed by atoms with E-state index in [-0.39, 0.29) is 4.90 Å². The van der Waals surface area contributed by atoms with E-state index in [2.05, 4.69) is 4.72 Å². The van der Waals surface area contributed by atoms with Crippen molar-refractivity contribution in [1.29, 1.82) is 0 Å². The summed E-state index contributed by atoms with van der Waals surface area (Å²) in [4.78, 5) is 0.0310. The van der Waals surface area contributed by atoms with E-state index in [4.69, 9.17) is 19.7 Å². The number of aliphatic hydroxyl groups excluding tert-OH is 2. The van der Waals surface area contributed by atoms with Crippen LogP contribution in [-0.4, -0.2) is 58.2 Å². The lowest BCUT2D eigenvalue weighted by atomic mass is 10.3. The highest BCUT2D eigenvalue weighted by atomic mass is 32.2. The van der Waals surface area contributed by atoms with Crippen molar-refractivity contribution in [1.82, 2.24) is 4.72 Å². The number of rotatable bonds is 9. The first-order chi connectivity index (χ1) is 9.53. The molecule has 0 aliphatic heterocycles. The zero-order valence-corrected chi connectivity index (χ0v) is 12.0. The Kier molecular flexibility index (Phi) is 6.89. The molecule has 3 N–H and O–H groups in total. The molecule has 114 valence electrons. The van der Waals surface area contributed by atoms with Crippen molar-refractivity contribution in [3.8, 4) is 5.75 Å². The maximum absolute atomic E-state index is 11.9. The highest BCUT2D eigenvalue weighted by molar-refractivity contribution is 7.89. The van der Waals surface area contributed by atoms with Crippen LogP contribution in [0.3, 0.4) is 0 Å². The van der Waals surface area contributed by atoms with Gasteiger partial charge in [0.25, 0.3) is 0 Å². The van der Waals surface area contributed by atoms with Crippen LogP contribution in [0.25, 0.3) is 0 Å². The second kappa shape index (κ2) is 8.18. The minimum Gasteiger partial charge on any atom is -0.491 e. The molecule has 0 heterocycles. The van der Waals surface area contributed by atoms with Crippen LogP contribution in [-0.2, 0) is 14.8 Å². The third kappa shape index (κ3) is 5.06. The number of aliphatic hydroxyl groups is 2. The molecule has 0 aliphatic carbocycles. The maximum Gasteiger partial charge on any atom is 0.240 e. The van der Waals surface area contributed by atoms with Crippen LogP contribution in [0.4, 0.5) is 0 Å². The largest absolute Gasteiger partial charge is 0.491 e. The molecule has 7 nitrogen and oxygen atoms in total. The third-order valence-corrected chi connectivity index (χ3v) is 3.99. The fraction of sp³-hybridized carbons (Fsp3) is 0.500. The van der Waals surface area contributed by atoms with Gasteiger partial charge in [-0.3, -0.25) is 0 Å². The fourth-order valence-electron chi connectivity index (χ4n) is 1.38. The van der Waals surface area contributed by atoms with Crippen LogP contribution in [0.15, 0.2) is 29.2 Å². The van der Waals surface area contributed by atoms with Gasteiger partial charge in [0.15, 0.2) is 0 Å². The Hall–Kier alpha value is -1.19. The van der Waals surface area contributed by atoms with Crippen molar-refractivity contribution in [3.63, 3.8) is 0 Å². The average molecular weight is 305 g/mol. The van der Waals surface area contributed by atoms with E-state index in [9.17, 15) is 8.42 Å². The summed E-state index contributed by atoms with van der Waals surface area (Å²) in [6.07, 6.45) is 0. The standard InChI is InChI=1S/C12H19NO6S/c1-18-6-7-19-11-2-4-12(5-3-11)20(16,17)13-10(8-14)9-15/h2-5,10,13-15H,6-9H2,1H3. The number of sulfonamides is 1. The molecule has 1 aromatic carbocycles. The Morgan fingerprint density at radius 1 is 1.15 bits per heavy atom. The van der Waals surface area contributed by atoms with Gasteiger partial charge in [0.1, 0.15) is 12.4 Å². The lowest BCUT2D eigenvalue weighted by Gasteiger charge is -2.14. The second-order valence-electron chi connectivity index (χ2n) is 4.00. The predicted molar refractivity (Wildman–Crippen MR) is 72.1 cm³/mol. The van der Waals surface area contributed by atoms with Crippen LogP contribution in [0.1, 0.15) is 0 Å². The first kappa shape index (κ1) is 16.9. The topological polar surface area (TPSA) is 105 Å². The molecule has 0 radical (unpaired) electrons. The summed E-state index contributed by atoms with van der Waals surface area (Å²) in [5, 5.41) is 17.8. The summed E-state index contributed by atoms with van der Waals surface area (Å²) in [6, 6.07) is 4.90. The zero-order chi connectivity index (χ0) is 15.0. The smallest absolute Gasteiger partial charge is 0.240 e. The quantitative estimate of drug-likeness (QED) is 0.523. The summed E-state index contributed by atoms with van der Waals surface area (Å²) in [7, 11) is -2.22. The van der Waals surface area contributed by atoms with Crippen molar-refractivity contribution in [2.75, 3.05) is 33.5 Å². The summed E-state index contributed by atoms with van der Waals surface area (Å²) in [6.45, 7) is -0.143. The molecule has 0 amide bonds. The highest BCUT2D eigenvalue weighted by Gasteiger charge is 2.18. The third-order valence-electron chi connectivity index (χ3n) is 2.45. The Morgan fingerprint density at radius 2 is 1.75 bits per heavy atom. The summed E-state index contributed by atoms with van der Waals surface area (Å²) >= 11 is 0. The van der Waals surface area contributed by atoms with Gasteiger partial charge in [-0.25, -0.2) is 13.1 Å². The summed E-state index contributed by atoms with van der Waals surface area (Å²) in [5.74, 6) is 0.530. The van der Waals surface area contributed by atoms with Gasteiger partial charge in [0.2, 0.25) is 10.0 Å². The summed E-state index contributed by atoms with van der Waals surface area (Å²) < 4.78 is 36.2. The lowest BCUT2D eigenvalue weighted by Crippen LogP contribution is -2.39. The van der Waals surface area contributed by atoms with Crippen molar-refractivity contribution in [2.24, 2.45) is 0 Å². The number of nitrogens with one attached hydrogen (secondary N) is 1. The van der Waals surface area contributed by atoms with E-state index < -0.39 is 29.3 Å². The van der Waals surface area contributed by atoms with Crippen molar-refractivity contribution >= 4 is 10.0 Å². The maximum atomic E-state index is 11.9. The Labute approximate surface area is 118 Å². The molecule has 20 heavy (non-hydrogen) atoms. The number of methoxy groups -OCH3 is 1. The Bertz CT molecular complexity index is 483. The molecule has 0 aliphatic rings. The second-order valence-corrected chi connectivity index (χ2v) is 5.71. The Morgan fingerprint density at radius 3 is 2.25 bits per heavy atom. The molecule has 1 aromatic rings. The number of benzene rings is 1. The molecular formula is C12H19NO6S. The van der Waals surface area contributed by atoms with E-state index in [1.165, 1.54) is 24.3 Å². The molecule has 1 rings (SSSR count). The van der Waals surface area contributed by atoms with Gasteiger partial charge in [-0.15, -0.1) is 0 Å². The van der Waals surface area contributed by atoms with Gasteiger partial charge in [-0.1, -0.05) is 0 Å². The van der Waals surface area contributed by atoms with Gasteiger partial charge in [-0.05, 0) is 24.3 Å². The fourth-order valence-corrected chi connectivity index (χ4v) is 2.60. The van der Waals surface area contributed by atoms with Gasteiger partial charge in [0, 0.05) is 7.11 Å². The molecule has 0 spiro atoms. The van der Waals surface area contributed by atoms with Gasteiger partial charge in [0.05, 0.1) is 30.8 Å². The first-order valence-electron chi connectivity index (χ1n) is 5.99. The van der Waals surface area contributed by atoms with Crippen molar-refractivity contribution < 1.29 is 28.1 Å². The number of ether oxygens (including phenoxy) is 2. The van der Waals surface area contributed by atoms with Gasteiger partial charge >= 0.3 is 0 Å². The van der Waals surface area contributed by atoms with E-state index >= 15 is 0 Å². The highest BCUT2D eigenvalue weighted by Crippen LogP contribution is 2.16. The van der Waals surface area contributed by atoms with E-state index in [1.54, 1.807) is 7.11 Å². The van der Waals surface area contributed by atoms with Crippen LogP contribution >= 0.6 is 0 Å². The summed E-state index contributed by atoms with van der Waals surface area (Å²) in [5.41, 5.74) is 0. The number of hydrogen-bond donors (Lipinski definition) is 3. The lowest BCUT2D eigenvalue weighted by molar-refractivity contribution is 0.146. The average Bonchev–Trinajstić information content (AvgIpc) is 2.45. The van der Waals surface area contributed by atoms with E-state index in [0.717, 1.165) is 0 Å². The minimum atomic E-state index is -3.78. The van der Waals surface area contributed by atoms with Crippen LogP contribution < -0.4 is 9.46 Å². The van der Waals surface area contributed by atoms with Gasteiger partial charge < -0.3 is 19.7 Å². The Balaban J connectivity index is 2.71. The minimum absolute atomic E-state index is 0.0310. The molecule has 0 unspecified atom stereocenters. The van der Waals surface area contributed by atoms with E-state index in [1.807, 2.05) is 0 Å². The van der Waals surface area contributed by atoms with E-state index in [0.29, 0.717) is 19.0 Å². The molecule has 8 heteroatoms. The SMILES string of the molecule is COCCOc1ccc(S(=O)(=O)NC(CO)CO)cc1. The molecule has 0 aromatic heterocycles. The molecule has 0 fully saturated rings. The molecule has 0 saturated carbocycles. The molecule has 0 atom stereocenters. The van der Waals surface area contributed by atoms with Crippen molar-refractivity contribution in [3.05, 3.63) is 24.3 Å². The molecule has 0 saturated heterocycles. The zero-order valence-electron chi connectivity index (χ0n) is 11.2. The molecule has 0 bridgehead atoms. The normalized spacial score (nSPS) is 11.8. The predicted octanol–water partition coefficient (Wildman–Crippen LogP) is -0.657. The number of hydrogen-bond acceptors (Lipinski definition) is 6. The van der Waals surface area contributed by atoms with Crippen LogP contribution in [0.2, 0.25) is 0 Å². The van der Waals surface area contributed by atoms with Gasteiger partial charge in [-0.2, -0.15) is 0 Å². The van der Waals surface area contributed by atoms with Crippen LogP contribution in [0, 0.1) is 0 Å². The van der Waals surface area contributed by atoms with Crippen LogP contribution in [0.5, 0.6) is 5.75 Å². The van der Waals surface area contributed by atoms with Crippen molar-refractivity contribution in [2.45, 2.75) is 10.9 Å².